The van der Waals surface area contributed by atoms with E-state index in [1.54, 1.807) is 0 Å². The Morgan fingerprint density at radius 3 is 2.86 bits per heavy atom. The Kier molecular flexibility index (Phi) is 3.16. The summed E-state index contributed by atoms with van der Waals surface area (Å²) in [5.41, 5.74) is 0. The van der Waals surface area contributed by atoms with E-state index < -0.39 is 0 Å². The number of rotatable bonds is 2. The van der Waals surface area contributed by atoms with Gasteiger partial charge in [0.1, 0.15) is 0 Å². The number of carbonyl (C=O) groups is 1. The van der Waals surface area contributed by atoms with Gasteiger partial charge >= 0.3 is 0 Å². The fourth-order valence-corrected chi connectivity index (χ4v) is 3.83. The fourth-order valence-electron chi connectivity index (χ4n) is 3.65. The minimum atomic E-state index is -0.133. The topological polar surface area (TPSA) is 17.1 Å². The van der Waals surface area contributed by atoms with Crippen molar-refractivity contribution in [2.75, 3.05) is 0 Å². The number of fused-ring (bicyclic) bond motifs is 2. The summed E-state index contributed by atoms with van der Waals surface area (Å²) in [5, 5.41) is -0.133. The van der Waals surface area contributed by atoms with Crippen LogP contribution in [0.2, 0.25) is 0 Å². The van der Waals surface area contributed by atoms with Crippen LogP contribution >= 0.6 is 11.6 Å². The van der Waals surface area contributed by atoms with E-state index in [0.717, 1.165) is 11.8 Å². The highest BCUT2D eigenvalue weighted by Crippen LogP contribution is 2.47. The zero-order valence-corrected chi connectivity index (χ0v) is 9.59. The van der Waals surface area contributed by atoms with Crippen LogP contribution in [0.1, 0.15) is 45.4 Å². The maximum atomic E-state index is 11.0. The van der Waals surface area contributed by atoms with E-state index in [1.807, 2.05) is 0 Å². The molecular formula is C12H19ClO. The first-order valence-electron chi connectivity index (χ1n) is 5.85. The number of carbonyl (C=O) groups excluding carboxylic acids is 1. The maximum Gasteiger partial charge on any atom is 0.221 e. The maximum absolute atomic E-state index is 11.0. The lowest BCUT2D eigenvalue weighted by Crippen LogP contribution is -2.35. The number of halogens is 1. The molecule has 2 bridgehead atoms. The molecule has 80 valence electrons. The molecule has 1 nitrogen and oxygen atoms in total. The molecular weight excluding hydrogens is 196 g/mol. The Morgan fingerprint density at radius 2 is 2.14 bits per heavy atom. The van der Waals surface area contributed by atoms with Crippen LogP contribution in [0.15, 0.2) is 0 Å². The Bertz CT molecular complexity index is 224. The average molecular weight is 215 g/mol. The molecule has 2 aliphatic rings. The van der Waals surface area contributed by atoms with Crippen molar-refractivity contribution >= 4 is 16.8 Å². The second-order valence-electron chi connectivity index (χ2n) is 5.23. The standard InChI is InChI=1S/C12H19ClO/c1-8-5-9-3-2-4-10(6-9)11(8)7-12(13)14/h8-11H,2-7H2,1H3/t8-,9+,10+,11?/m0/s1. The van der Waals surface area contributed by atoms with E-state index in [2.05, 4.69) is 6.92 Å². The van der Waals surface area contributed by atoms with E-state index in [0.29, 0.717) is 18.3 Å². The van der Waals surface area contributed by atoms with Gasteiger partial charge in [0.05, 0.1) is 0 Å². The van der Waals surface area contributed by atoms with Gasteiger partial charge < -0.3 is 0 Å². The van der Waals surface area contributed by atoms with Crippen molar-refractivity contribution in [2.24, 2.45) is 23.7 Å². The summed E-state index contributed by atoms with van der Waals surface area (Å²) in [7, 11) is 0. The molecule has 0 saturated heterocycles. The molecule has 2 aliphatic carbocycles. The molecule has 2 fully saturated rings. The van der Waals surface area contributed by atoms with Crippen LogP contribution in [0, 0.1) is 23.7 Å². The van der Waals surface area contributed by atoms with Crippen LogP contribution in [0.25, 0.3) is 0 Å². The lowest BCUT2D eigenvalue weighted by molar-refractivity contribution is -0.114. The summed E-state index contributed by atoms with van der Waals surface area (Å²) < 4.78 is 0. The highest BCUT2D eigenvalue weighted by Gasteiger charge is 2.38. The van der Waals surface area contributed by atoms with Gasteiger partial charge in [-0.1, -0.05) is 26.2 Å². The van der Waals surface area contributed by atoms with Crippen molar-refractivity contribution in [3.63, 3.8) is 0 Å². The second-order valence-corrected chi connectivity index (χ2v) is 5.65. The molecule has 2 heteroatoms. The van der Waals surface area contributed by atoms with E-state index in [1.165, 1.54) is 32.1 Å². The predicted octanol–water partition coefficient (Wildman–Crippen LogP) is 3.60. The highest BCUT2D eigenvalue weighted by atomic mass is 35.5. The summed E-state index contributed by atoms with van der Waals surface area (Å²) in [6, 6.07) is 0. The largest absolute Gasteiger partial charge is 0.281 e. The van der Waals surface area contributed by atoms with E-state index in [4.69, 9.17) is 11.6 Å². The SMILES string of the molecule is C[C@H]1C[C@H]2CCC[C@H](C2)C1CC(=O)Cl. The van der Waals surface area contributed by atoms with Gasteiger partial charge in [-0.25, -0.2) is 0 Å². The fraction of sp³-hybridized carbons (Fsp3) is 0.917. The van der Waals surface area contributed by atoms with Crippen LogP contribution in [0.4, 0.5) is 0 Å². The first-order valence-corrected chi connectivity index (χ1v) is 6.23. The molecule has 0 aromatic carbocycles. The zero-order chi connectivity index (χ0) is 10.1. The molecule has 0 aromatic heterocycles. The predicted molar refractivity (Wildman–Crippen MR) is 58.2 cm³/mol. The molecule has 1 unspecified atom stereocenters. The van der Waals surface area contributed by atoms with E-state index in [-0.39, 0.29) is 5.24 Å². The minimum absolute atomic E-state index is 0.133. The summed E-state index contributed by atoms with van der Waals surface area (Å²) in [5.74, 6) is 3.03. The van der Waals surface area contributed by atoms with Crippen molar-refractivity contribution in [1.82, 2.24) is 0 Å². The molecule has 0 spiro atoms. The third-order valence-corrected chi connectivity index (χ3v) is 4.42. The van der Waals surface area contributed by atoms with Crippen molar-refractivity contribution in [3.8, 4) is 0 Å². The van der Waals surface area contributed by atoms with Gasteiger partial charge in [0.25, 0.3) is 0 Å². The van der Waals surface area contributed by atoms with Crippen LogP contribution in [-0.2, 0) is 4.79 Å². The molecule has 0 N–H and O–H groups in total. The van der Waals surface area contributed by atoms with Gasteiger partial charge in [0, 0.05) is 6.42 Å². The normalized spacial score (nSPS) is 42.1. The molecule has 0 heterocycles. The van der Waals surface area contributed by atoms with Gasteiger partial charge in [-0.15, -0.1) is 0 Å². The number of hydrogen-bond donors (Lipinski definition) is 0. The third kappa shape index (κ3) is 2.13. The molecule has 0 aromatic rings. The Morgan fingerprint density at radius 1 is 1.36 bits per heavy atom. The average Bonchev–Trinajstić information content (AvgIpc) is 2.12. The molecule has 0 aliphatic heterocycles. The lowest BCUT2D eigenvalue weighted by atomic mass is 9.62. The number of hydrogen-bond acceptors (Lipinski definition) is 1. The van der Waals surface area contributed by atoms with Gasteiger partial charge in [0.15, 0.2) is 0 Å². The van der Waals surface area contributed by atoms with E-state index in [9.17, 15) is 4.79 Å². The minimum Gasteiger partial charge on any atom is -0.281 e. The zero-order valence-electron chi connectivity index (χ0n) is 8.84. The molecule has 4 atom stereocenters. The summed E-state index contributed by atoms with van der Waals surface area (Å²) >= 11 is 5.51. The molecule has 14 heavy (non-hydrogen) atoms. The van der Waals surface area contributed by atoms with Crippen molar-refractivity contribution in [2.45, 2.75) is 45.4 Å². The Labute approximate surface area is 91.2 Å². The summed E-state index contributed by atoms with van der Waals surface area (Å²) in [6.45, 7) is 2.30. The first kappa shape index (κ1) is 10.5. The van der Waals surface area contributed by atoms with Crippen molar-refractivity contribution < 1.29 is 4.79 Å². The third-order valence-electron chi connectivity index (χ3n) is 4.26. The van der Waals surface area contributed by atoms with Gasteiger partial charge in [-0.05, 0) is 48.1 Å². The van der Waals surface area contributed by atoms with Crippen molar-refractivity contribution in [3.05, 3.63) is 0 Å². The summed E-state index contributed by atoms with van der Waals surface area (Å²) in [6.07, 6.45) is 7.41. The van der Waals surface area contributed by atoms with Crippen LogP contribution in [0.5, 0.6) is 0 Å². The van der Waals surface area contributed by atoms with Crippen LogP contribution in [0.3, 0.4) is 0 Å². The van der Waals surface area contributed by atoms with Crippen LogP contribution in [-0.4, -0.2) is 5.24 Å². The molecule has 2 rings (SSSR count). The first-order chi connectivity index (χ1) is 6.66. The Hall–Kier alpha value is -0.0400. The Balaban J connectivity index is 2.03. The van der Waals surface area contributed by atoms with Gasteiger partial charge in [-0.3, -0.25) is 4.79 Å². The molecule has 0 amide bonds. The summed E-state index contributed by atoms with van der Waals surface area (Å²) in [4.78, 5) is 11.0. The smallest absolute Gasteiger partial charge is 0.221 e. The van der Waals surface area contributed by atoms with Gasteiger partial charge in [-0.2, -0.15) is 0 Å². The lowest BCUT2D eigenvalue weighted by Gasteiger charge is -2.43. The van der Waals surface area contributed by atoms with Crippen LogP contribution < -0.4 is 0 Å². The quantitative estimate of drug-likeness (QED) is 0.642. The molecule has 2 saturated carbocycles. The highest BCUT2D eigenvalue weighted by molar-refractivity contribution is 6.63. The second kappa shape index (κ2) is 4.22. The van der Waals surface area contributed by atoms with Crippen molar-refractivity contribution in [1.29, 1.82) is 0 Å². The monoisotopic (exact) mass is 214 g/mol. The molecule has 0 radical (unpaired) electrons. The van der Waals surface area contributed by atoms with Gasteiger partial charge in [0.2, 0.25) is 5.24 Å². The van der Waals surface area contributed by atoms with E-state index >= 15 is 0 Å².